The van der Waals surface area contributed by atoms with Crippen LogP contribution < -0.4 is 0 Å². The van der Waals surface area contributed by atoms with E-state index in [0.717, 1.165) is 62.5 Å². The molecule has 0 aromatic heterocycles. The van der Waals surface area contributed by atoms with E-state index < -0.39 is 5.60 Å². The Balaban J connectivity index is 0.000000193. The first kappa shape index (κ1) is 35.3. The van der Waals surface area contributed by atoms with Crippen molar-refractivity contribution in [2.75, 3.05) is 40.3 Å². The lowest BCUT2D eigenvalue weighted by molar-refractivity contribution is 0.0327. The molecule has 0 unspecified atom stereocenters. The predicted octanol–water partition coefficient (Wildman–Crippen LogP) is 8.66. The zero-order valence-corrected chi connectivity index (χ0v) is 31.2. The first-order valence-corrected chi connectivity index (χ1v) is 17.9. The molecule has 47 heavy (non-hydrogen) atoms. The lowest BCUT2D eigenvalue weighted by Gasteiger charge is -2.42. The van der Waals surface area contributed by atoms with E-state index in [1.54, 1.807) is 0 Å². The van der Waals surface area contributed by atoms with E-state index >= 15 is 0 Å². The molecule has 1 amide bonds. The summed E-state index contributed by atoms with van der Waals surface area (Å²) in [6, 6.07) is 13.7. The molecule has 0 saturated carbocycles. The van der Waals surface area contributed by atoms with Crippen LogP contribution in [0.4, 0.5) is 4.79 Å². The van der Waals surface area contributed by atoms with E-state index in [9.17, 15) is 4.79 Å². The molecule has 4 heterocycles. The van der Waals surface area contributed by atoms with Gasteiger partial charge in [0.2, 0.25) is 0 Å². The van der Waals surface area contributed by atoms with Crippen LogP contribution >= 0.6 is 0 Å². The predicted molar refractivity (Wildman–Crippen MR) is 196 cm³/mol. The Morgan fingerprint density at radius 2 is 1.38 bits per heavy atom. The minimum Gasteiger partial charge on any atom is -0.443 e. The van der Waals surface area contributed by atoms with Gasteiger partial charge in [-0.3, -0.25) is 19.7 Å². The molecule has 0 N–H and O–H groups in total. The van der Waals surface area contributed by atoms with Gasteiger partial charge >= 0.3 is 6.09 Å². The SMILES string of the molecule is C[C@H]1CC=C(c2ccc3c(c2)CCN(C)C3(C)C)N(C(=O)OC(C)(C)C)C1.C[C@H]1CCC(c2ccc3c(c2)CCN(C)C3(C)C)=NC1. The van der Waals surface area contributed by atoms with Crippen LogP contribution in [0.3, 0.4) is 0 Å². The summed E-state index contributed by atoms with van der Waals surface area (Å²) in [5.74, 6) is 1.19. The summed E-state index contributed by atoms with van der Waals surface area (Å²) in [6.07, 6.45) is 7.55. The maximum Gasteiger partial charge on any atom is 0.414 e. The second-order valence-corrected chi connectivity index (χ2v) is 16.7. The first-order chi connectivity index (χ1) is 22.0. The average molecular weight is 641 g/mol. The molecule has 0 spiro atoms. The number of hydrogen-bond donors (Lipinski definition) is 0. The van der Waals surface area contributed by atoms with E-state index in [4.69, 9.17) is 9.73 Å². The van der Waals surface area contributed by atoms with Crippen molar-refractivity contribution in [3.05, 3.63) is 75.9 Å². The van der Waals surface area contributed by atoms with E-state index in [1.807, 2.05) is 25.7 Å². The maximum atomic E-state index is 12.8. The lowest BCUT2D eigenvalue weighted by atomic mass is 9.82. The molecule has 0 radical (unpaired) electrons. The highest BCUT2D eigenvalue weighted by Crippen LogP contribution is 2.38. The number of fused-ring (bicyclic) bond motifs is 2. The van der Waals surface area contributed by atoms with Gasteiger partial charge in [0, 0.05) is 43.0 Å². The molecule has 0 bridgehead atoms. The van der Waals surface area contributed by atoms with E-state index in [0.29, 0.717) is 12.5 Å². The Bertz CT molecular complexity index is 1530. The molecule has 2 aromatic rings. The maximum absolute atomic E-state index is 12.8. The minimum atomic E-state index is -0.493. The molecule has 6 nitrogen and oxygen atoms in total. The molecule has 4 aliphatic rings. The highest BCUT2D eigenvalue weighted by Gasteiger charge is 2.34. The lowest BCUT2D eigenvalue weighted by Crippen LogP contribution is -2.44. The number of aliphatic imine (C=N–C) groups is 1. The van der Waals surface area contributed by atoms with Crippen LogP contribution in [0.5, 0.6) is 0 Å². The molecule has 256 valence electrons. The normalized spacial score (nSPS) is 24.2. The van der Waals surface area contributed by atoms with Crippen molar-refractivity contribution in [3.63, 3.8) is 0 Å². The minimum absolute atomic E-state index is 0.0342. The van der Waals surface area contributed by atoms with Crippen molar-refractivity contribution in [2.24, 2.45) is 16.8 Å². The number of carbonyl (C=O) groups is 1. The number of hydrogen-bond acceptors (Lipinski definition) is 5. The number of ether oxygens (including phenoxy) is 1. The molecule has 0 aliphatic carbocycles. The number of nitrogens with zero attached hydrogens (tertiary/aromatic N) is 4. The van der Waals surface area contributed by atoms with Crippen molar-refractivity contribution in [1.82, 2.24) is 14.7 Å². The van der Waals surface area contributed by atoms with Gasteiger partial charge < -0.3 is 4.74 Å². The summed E-state index contributed by atoms with van der Waals surface area (Å²) in [4.78, 5) is 24.3. The number of allylic oxidation sites excluding steroid dienone is 1. The molecular formula is C41H60N4O2. The fraction of sp³-hybridized carbons (Fsp3) is 0.610. The van der Waals surface area contributed by atoms with Gasteiger partial charge in [-0.2, -0.15) is 0 Å². The van der Waals surface area contributed by atoms with E-state index in [-0.39, 0.29) is 17.2 Å². The highest BCUT2D eigenvalue weighted by molar-refractivity contribution is 6.01. The fourth-order valence-electron chi connectivity index (χ4n) is 7.41. The molecule has 6 rings (SSSR count). The Kier molecular flexibility index (Phi) is 10.2. The summed E-state index contributed by atoms with van der Waals surface area (Å²) in [5, 5.41) is 0. The molecule has 2 atom stereocenters. The monoisotopic (exact) mass is 640 g/mol. The van der Waals surface area contributed by atoms with Crippen molar-refractivity contribution < 1.29 is 9.53 Å². The van der Waals surface area contributed by atoms with Crippen molar-refractivity contribution >= 4 is 17.5 Å². The summed E-state index contributed by atoms with van der Waals surface area (Å²) in [7, 11) is 4.41. The Morgan fingerprint density at radius 1 is 0.830 bits per heavy atom. The van der Waals surface area contributed by atoms with Crippen molar-refractivity contribution in [2.45, 2.75) is 111 Å². The molecule has 0 saturated heterocycles. The summed E-state index contributed by atoms with van der Waals surface area (Å²) < 4.78 is 5.68. The molecule has 6 heteroatoms. The van der Waals surface area contributed by atoms with Gasteiger partial charge in [0.15, 0.2) is 0 Å². The molecule has 2 aromatic carbocycles. The number of likely N-dealkylation sites (N-methyl/N-ethyl adjacent to an activating group) is 2. The van der Waals surface area contributed by atoms with Gasteiger partial charge in [-0.1, -0.05) is 44.2 Å². The Labute approximate surface area is 285 Å². The van der Waals surface area contributed by atoms with Crippen LogP contribution in [-0.4, -0.2) is 72.4 Å². The summed E-state index contributed by atoms with van der Waals surface area (Å²) in [6.45, 7) is 23.3. The van der Waals surface area contributed by atoms with Crippen molar-refractivity contribution in [3.8, 4) is 0 Å². The van der Waals surface area contributed by atoms with E-state index in [2.05, 4.69) is 108 Å². The van der Waals surface area contributed by atoms with Gasteiger partial charge in [0.1, 0.15) is 5.60 Å². The standard InChI is InChI=1S/C23H34N2O2.C18H26N2/c1-16-8-11-20(25(15-16)21(26)27-22(2,3)4)18-9-10-19-17(14-18)12-13-24(7)23(19,5)6;1-13-5-8-17(19-12-13)15-6-7-16-14(11-15)9-10-20(4)18(16,2)3/h9-11,14,16H,8,12-13,15H2,1-7H3;6-7,11,13H,5,8-10,12H2,1-4H3/t16-;13-/m00/s1. The second kappa shape index (κ2) is 13.5. The van der Waals surface area contributed by atoms with Crippen LogP contribution in [0.15, 0.2) is 47.5 Å². The second-order valence-electron chi connectivity index (χ2n) is 16.7. The van der Waals surface area contributed by atoms with Crippen LogP contribution in [0.1, 0.15) is 115 Å². The summed E-state index contributed by atoms with van der Waals surface area (Å²) in [5.41, 5.74) is 10.3. The molecule has 4 aliphatic heterocycles. The quantitative estimate of drug-likeness (QED) is 0.330. The fourth-order valence-corrected chi connectivity index (χ4v) is 7.41. The molecule has 0 fully saturated rings. The number of benzene rings is 2. The topological polar surface area (TPSA) is 48.4 Å². The molecular weight excluding hydrogens is 580 g/mol. The number of carbonyl (C=O) groups excluding carboxylic acids is 1. The highest BCUT2D eigenvalue weighted by atomic mass is 16.6. The van der Waals surface area contributed by atoms with Crippen LogP contribution in [-0.2, 0) is 28.7 Å². The number of rotatable bonds is 2. The zero-order chi connectivity index (χ0) is 34.3. The van der Waals surface area contributed by atoms with Gasteiger partial charge in [-0.05, 0) is 152 Å². The van der Waals surface area contributed by atoms with E-state index in [1.165, 1.54) is 39.9 Å². The van der Waals surface area contributed by atoms with Crippen LogP contribution in [0.2, 0.25) is 0 Å². The third-order valence-electron chi connectivity index (χ3n) is 11.1. The van der Waals surface area contributed by atoms with Crippen molar-refractivity contribution in [1.29, 1.82) is 0 Å². The largest absolute Gasteiger partial charge is 0.443 e. The first-order valence-electron chi connectivity index (χ1n) is 17.9. The average Bonchev–Trinajstić information content (AvgIpc) is 3.01. The third kappa shape index (κ3) is 7.70. The summed E-state index contributed by atoms with van der Waals surface area (Å²) >= 11 is 0. The van der Waals surface area contributed by atoms with Gasteiger partial charge in [0.05, 0.1) is 5.70 Å². The third-order valence-corrected chi connectivity index (χ3v) is 11.1. The van der Waals surface area contributed by atoms with Gasteiger partial charge in [-0.15, -0.1) is 0 Å². The zero-order valence-electron chi connectivity index (χ0n) is 31.2. The van der Waals surface area contributed by atoms with Crippen LogP contribution in [0.25, 0.3) is 5.70 Å². The van der Waals surface area contributed by atoms with Gasteiger partial charge in [0.25, 0.3) is 0 Å². The number of amides is 1. The Hall–Kier alpha value is -2.96. The smallest absolute Gasteiger partial charge is 0.414 e. The van der Waals surface area contributed by atoms with Crippen LogP contribution in [0, 0.1) is 11.8 Å². The Morgan fingerprint density at radius 3 is 1.91 bits per heavy atom. The van der Waals surface area contributed by atoms with Gasteiger partial charge in [-0.25, -0.2) is 4.79 Å².